The molecular formula is C24H30F3IN2O5. The van der Waals surface area contributed by atoms with Crippen LogP contribution in [0.25, 0.3) is 0 Å². The van der Waals surface area contributed by atoms with Crippen molar-refractivity contribution in [3.63, 3.8) is 0 Å². The number of carboxylic acid groups (broad SMARTS) is 1. The summed E-state index contributed by atoms with van der Waals surface area (Å²) in [5.74, 6) is -2.00. The van der Waals surface area contributed by atoms with Gasteiger partial charge in [0.05, 0.1) is 0 Å². The minimum absolute atomic E-state index is 0.0578. The average molecular weight is 610 g/mol. The van der Waals surface area contributed by atoms with Crippen LogP contribution < -0.4 is 5.32 Å². The predicted octanol–water partition coefficient (Wildman–Crippen LogP) is 4.42. The van der Waals surface area contributed by atoms with E-state index in [9.17, 15) is 32.7 Å². The number of halogens is 4. The van der Waals surface area contributed by atoms with Crippen molar-refractivity contribution in [1.82, 2.24) is 10.2 Å². The zero-order valence-electron chi connectivity index (χ0n) is 19.3. The fraction of sp³-hybridized carbons (Fsp3) is 0.625. The zero-order valence-corrected chi connectivity index (χ0v) is 21.4. The molecule has 11 heteroatoms. The van der Waals surface area contributed by atoms with Crippen LogP contribution in [0.4, 0.5) is 18.0 Å². The molecule has 1 saturated heterocycles. The molecule has 3 heterocycles. The molecule has 0 aliphatic carbocycles. The van der Waals surface area contributed by atoms with Gasteiger partial charge < -0.3 is 0 Å². The number of amides is 1. The maximum atomic E-state index is 13.5. The molecule has 3 aliphatic rings. The Morgan fingerprint density at radius 3 is 2.60 bits per heavy atom. The van der Waals surface area contributed by atoms with Crippen molar-refractivity contribution in [2.75, 3.05) is 13.1 Å². The second-order valence-corrected chi connectivity index (χ2v) is 14.3. The Morgan fingerprint density at radius 2 is 1.86 bits per heavy atom. The van der Waals surface area contributed by atoms with Gasteiger partial charge in [-0.1, -0.05) is 0 Å². The molecule has 3 aliphatic heterocycles. The van der Waals surface area contributed by atoms with Gasteiger partial charge in [0.25, 0.3) is 0 Å². The Balaban J connectivity index is 1.53. The summed E-state index contributed by atoms with van der Waals surface area (Å²) in [5.41, 5.74) is 3.58. The zero-order chi connectivity index (χ0) is 25.2. The molecule has 2 N–H and O–H groups in total. The molecule has 1 fully saturated rings. The molecule has 0 saturated carbocycles. The SMILES string of the molecule is O=C(O)[C@@H]1C[C@@H]2CN1C(=O)CNC(C(F)(F)F)CCCCCCc1cccc3c1CI(C3)C(=O)O2. The third kappa shape index (κ3) is 6.28. The molecule has 4 bridgehead atoms. The second-order valence-electron chi connectivity index (χ2n) is 9.32. The number of nitrogens with zero attached hydrogens (tertiary/aromatic N) is 1. The number of nitrogens with one attached hydrogen (secondary N) is 1. The van der Waals surface area contributed by atoms with E-state index in [-0.39, 0.29) is 23.4 Å². The van der Waals surface area contributed by atoms with Gasteiger partial charge in [0.2, 0.25) is 0 Å². The average Bonchev–Trinajstić information content (AvgIpc) is 3.41. The summed E-state index contributed by atoms with van der Waals surface area (Å²) >= 11 is -2.17. The number of ether oxygens (including phenoxy) is 1. The Bertz CT molecular complexity index is 973. The van der Waals surface area contributed by atoms with E-state index >= 15 is 0 Å². The summed E-state index contributed by atoms with van der Waals surface area (Å²) in [7, 11) is 0. The number of rotatable bonds is 1. The van der Waals surface area contributed by atoms with Crippen LogP contribution in [0, 0.1) is 0 Å². The molecule has 0 aromatic heterocycles. The Labute approximate surface area is 209 Å². The topological polar surface area (TPSA) is 95.9 Å². The summed E-state index contributed by atoms with van der Waals surface area (Å²) in [5, 5.41) is 11.9. The monoisotopic (exact) mass is 610 g/mol. The van der Waals surface area contributed by atoms with Gasteiger partial charge in [0.1, 0.15) is 0 Å². The molecular weight excluding hydrogens is 580 g/mol. The van der Waals surface area contributed by atoms with Gasteiger partial charge in [-0.25, -0.2) is 0 Å². The van der Waals surface area contributed by atoms with Gasteiger partial charge in [-0.15, -0.1) is 0 Å². The molecule has 35 heavy (non-hydrogen) atoms. The molecule has 1 amide bonds. The van der Waals surface area contributed by atoms with E-state index in [1.54, 1.807) is 0 Å². The molecule has 194 valence electrons. The number of fused-ring (bicyclic) bond motifs is 3. The van der Waals surface area contributed by atoms with Crippen LogP contribution in [-0.2, 0) is 29.6 Å². The summed E-state index contributed by atoms with van der Waals surface area (Å²) in [6.45, 7) is -0.744. The van der Waals surface area contributed by atoms with Crippen molar-refractivity contribution in [3.8, 4) is 0 Å². The van der Waals surface area contributed by atoms with Crippen molar-refractivity contribution in [2.45, 2.75) is 78.2 Å². The fourth-order valence-corrected chi connectivity index (χ4v) is 10.2. The molecule has 7 nitrogen and oxygen atoms in total. The van der Waals surface area contributed by atoms with Gasteiger partial charge in [-0.3, -0.25) is 0 Å². The van der Waals surface area contributed by atoms with E-state index in [0.717, 1.165) is 24.2 Å². The number of hydrogen-bond acceptors (Lipinski definition) is 5. The van der Waals surface area contributed by atoms with Gasteiger partial charge in [0, 0.05) is 0 Å². The quantitative estimate of drug-likeness (QED) is 0.278. The van der Waals surface area contributed by atoms with Crippen LogP contribution in [0.3, 0.4) is 0 Å². The molecule has 1 unspecified atom stereocenters. The third-order valence-electron chi connectivity index (χ3n) is 6.90. The molecule has 3 atom stereocenters. The fourth-order valence-electron chi connectivity index (χ4n) is 5.01. The van der Waals surface area contributed by atoms with Gasteiger partial charge in [0.15, 0.2) is 0 Å². The summed E-state index contributed by atoms with van der Waals surface area (Å²) in [6, 6.07) is 3.02. The second kappa shape index (κ2) is 11.0. The maximum absolute atomic E-state index is 13.5. The molecule has 4 rings (SSSR count). The Kier molecular flexibility index (Phi) is 8.24. The van der Waals surface area contributed by atoms with E-state index in [1.807, 2.05) is 12.1 Å². The molecule has 1 aromatic carbocycles. The van der Waals surface area contributed by atoms with E-state index in [1.165, 1.54) is 16.7 Å². The van der Waals surface area contributed by atoms with E-state index in [4.69, 9.17) is 4.74 Å². The number of carbonyl (C=O) groups is 3. The third-order valence-corrected chi connectivity index (χ3v) is 11.8. The standard InChI is InChI=1S/C24H30F3IN2O5/c25-24(26,27)20-9-4-2-1-3-6-15-7-5-8-16-11-28(12-18(15)16)23(34)35-17-10-19(22(32)33)30(14-17)21(31)13-29-20/h5,7-8,17,19-20,29H,1-4,6,9-14H2,(H,32,33)/t17-,19+,20?/m1/s1. The first-order chi connectivity index (χ1) is 16.6. The number of carbonyl (C=O) groups excluding carboxylic acids is 2. The van der Waals surface area contributed by atoms with Crippen LogP contribution in [0.1, 0.15) is 55.2 Å². The van der Waals surface area contributed by atoms with Gasteiger partial charge in [-0.2, -0.15) is 0 Å². The normalized spacial score (nSPS) is 27.7. The van der Waals surface area contributed by atoms with Crippen LogP contribution in [0.2, 0.25) is 0 Å². The van der Waals surface area contributed by atoms with Crippen molar-refractivity contribution >= 4 is 35.7 Å². The van der Waals surface area contributed by atoms with Gasteiger partial charge >= 0.3 is 209 Å². The van der Waals surface area contributed by atoms with Crippen LogP contribution in [-0.4, -0.2) is 63.3 Å². The summed E-state index contributed by atoms with van der Waals surface area (Å²) in [6.07, 6.45) is -1.97. The molecule has 1 aromatic rings. The van der Waals surface area contributed by atoms with Crippen LogP contribution >= 0.6 is 19.8 Å². The Morgan fingerprint density at radius 1 is 1.11 bits per heavy atom. The summed E-state index contributed by atoms with van der Waals surface area (Å²) in [4.78, 5) is 38.5. The number of aryl methyl sites for hydroxylation is 1. The van der Waals surface area contributed by atoms with Crippen molar-refractivity contribution in [3.05, 3.63) is 34.9 Å². The van der Waals surface area contributed by atoms with Gasteiger partial charge in [-0.05, 0) is 0 Å². The van der Waals surface area contributed by atoms with E-state index in [2.05, 4.69) is 11.4 Å². The number of carboxylic acids is 1. The first-order valence-electron chi connectivity index (χ1n) is 11.9. The molecule has 0 spiro atoms. The summed E-state index contributed by atoms with van der Waals surface area (Å²) < 4.78 is 47.4. The number of alkyl halides is 5. The predicted molar refractivity (Wildman–Crippen MR) is 131 cm³/mol. The first kappa shape index (κ1) is 26.2. The Hall–Kier alpha value is -1.89. The van der Waals surface area contributed by atoms with E-state index < -0.39 is 62.6 Å². The molecule has 0 radical (unpaired) electrons. The van der Waals surface area contributed by atoms with Crippen molar-refractivity contribution in [2.24, 2.45) is 0 Å². The van der Waals surface area contributed by atoms with Crippen molar-refractivity contribution in [1.29, 1.82) is 0 Å². The minimum atomic E-state index is -4.51. The van der Waals surface area contributed by atoms with Crippen LogP contribution in [0.15, 0.2) is 18.2 Å². The first-order valence-corrected chi connectivity index (χ1v) is 16.0. The number of benzene rings is 1. The van der Waals surface area contributed by atoms with E-state index in [0.29, 0.717) is 21.7 Å². The van der Waals surface area contributed by atoms with Crippen molar-refractivity contribution < 1.29 is 37.4 Å². The number of hydrogen-bond donors (Lipinski definition) is 2. The number of aliphatic carboxylic acids is 1. The van der Waals surface area contributed by atoms with Crippen LogP contribution in [0.5, 0.6) is 0 Å².